The average Bonchev–Trinajstić information content (AvgIpc) is 1.52. The van der Waals surface area contributed by atoms with E-state index in [1.54, 1.807) is 35.5 Å². The molecule has 0 radical (unpaired) electrons. The maximum atomic E-state index is 15.5. The van der Waals surface area contributed by atoms with E-state index in [1.807, 2.05) is 0 Å². The fourth-order valence-electron chi connectivity index (χ4n) is 10.6. The van der Waals surface area contributed by atoms with Crippen LogP contribution in [0.2, 0.25) is 0 Å². The molecule has 4 aliphatic heterocycles. The number of H-pyrrole nitrogens is 2. The molecule has 0 amide bonds. The highest BCUT2D eigenvalue weighted by Gasteiger charge is 2.32. The summed E-state index contributed by atoms with van der Waals surface area (Å²) in [5, 5.41) is 0. The van der Waals surface area contributed by atoms with Crippen molar-refractivity contribution in [3.05, 3.63) is 311 Å². The van der Waals surface area contributed by atoms with Crippen LogP contribution in [0.1, 0.15) is 112 Å². The SMILES string of the molecule is Fc1c(F)c(F)c(C#Cc2c3nc(c(C#Cc4c(F)c(F)c(F)c(F)c4F)c4ccc([nH]4)c(C#Cc4c(F)c(F)c(F)c(F)c4F)c4nc(c(C#Cc5c(F)c(F)c(F)c(F)c5F)c5nc(c(C#Cc6c(F)c(F)c(F)c(F)c6F)c6ccc([nH]6)c(C#Cc6c(F)c(F)c(F)c(F)c6F)c6nc2C=C6)C=C5)C=C4)C=C3)c(F)c1F. The molecule has 0 saturated heterocycles. The van der Waals surface area contributed by atoms with Gasteiger partial charge in [-0.15, -0.1) is 0 Å². The van der Waals surface area contributed by atoms with Gasteiger partial charge in [0.05, 0.1) is 101 Å². The van der Waals surface area contributed by atoms with E-state index < -0.39 is 309 Å². The van der Waals surface area contributed by atoms with Crippen molar-refractivity contribution in [1.29, 1.82) is 0 Å². The quantitative estimate of drug-likeness (QED) is 0.0686. The highest BCUT2D eigenvalue weighted by molar-refractivity contribution is 5.89. The van der Waals surface area contributed by atoms with Gasteiger partial charge in [0, 0.05) is 0 Å². The molecule has 12 bridgehead atoms. The zero-order chi connectivity index (χ0) is 82.4. The van der Waals surface area contributed by atoms with Gasteiger partial charge in [-0.05, 0) is 72.9 Å². The Kier molecular flexibility index (Phi) is 20.2. The molecule has 0 saturated carbocycles. The summed E-state index contributed by atoms with van der Waals surface area (Å²) < 4.78 is 450. The minimum Gasteiger partial charge on any atom is -0.353 e. The van der Waals surface area contributed by atoms with Gasteiger partial charge in [-0.25, -0.2) is 152 Å². The van der Waals surface area contributed by atoms with Crippen LogP contribution in [0.4, 0.5) is 132 Å². The third-order valence-corrected chi connectivity index (χ3v) is 16.2. The topological polar surface area (TPSA) is 83.1 Å². The summed E-state index contributed by atoms with van der Waals surface area (Å²) >= 11 is 0. The molecule has 566 valence electrons. The molecule has 0 unspecified atom stereocenters. The highest BCUT2D eigenvalue weighted by Crippen LogP contribution is 2.35. The highest BCUT2D eigenvalue weighted by atomic mass is 19.2. The first kappa shape index (κ1) is 77.6. The summed E-state index contributed by atoms with van der Waals surface area (Å²) in [6.07, 6.45) is 6.48. The minimum atomic E-state index is -2.71. The number of hydrogen-bond donors (Lipinski definition) is 2. The molecular formula is C78H14F30N6. The van der Waals surface area contributed by atoms with Crippen molar-refractivity contribution >= 4 is 70.7 Å². The number of halogens is 30. The van der Waals surface area contributed by atoms with Crippen LogP contribution >= 0.6 is 0 Å². The normalized spacial score (nSPS) is 11.6. The fourth-order valence-corrected chi connectivity index (χ4v) is 10.6. The Labute approximate surface area is 612 Å². The molecule has 7 heterocycles. The summed E-state index contributed by atoms with van der Waals surface area (Å²) in [6.45, 7) is 0. The molecule has 4 aliphatic rings. The monoisotopic (exact) mass is 1600 g/mol. The maximum absolute atomic E-state index is 15.5. The number of fused-ring (bicyclic) bond motifs is 12. The lowest BCUT2D eigenvalue weighted by Crippen LogP contribution is -2.04. The molecule has 13 rings (SSSR count). The van der Waals surface area contributed by atoms with E-state index in [1.165, 1.54) is 0 Å². The molecule has 6 nitrogen and oxygen atoms in total. The van der Waals surface area contributed by atoms with E-state index in [0.717, 1.165) is 72.9 Å². The molecule has 3 aromatic heterocycles. The molecule has 2 N–H and O–H groups in total. The number of aromatic amines is 2. The molecule has 9 aromatic rings. The van der Waals surface area contributed by atoms with E-state index in [9.17, 15) is 79.0 Å². The Hall–Kier alpha value is -14.5. The predicted molar refractivity (Wildman–Crippen MR) is 341 cm³/mol. The van der Waals surface area contributed by atoms with E-state index in [0.29, 0.717) is 0 Å². The van der Waals surface area contributed by atoms with Crippen molar-refractivity contribution in [3.63, 3.8) is 0 Å². The first-order chi connectivity index (χ1) is 54.0. The van der Waals surface area contributed by atoms with Gasteiger partial charge < -0.3 is 9.97 Å². The summed E-state index contributed by atoms with van der Waals surface area (Å²) in [4.78, 5) is 22.3. The Morgan fingerprint density at radius 2 is 0.246 bits per heavy atom. The lowest BCUT2D eigenvalue weighted by Gasteiger charge is -2.03. The molecular weight excluding hydrogens is 1590 g/mol. The molecule has 6 aromatic carbocycles. The second-order valence-corrected chi connectivity index (χ2v) is 22.9. The van der Waals surface area contributed by atoms with E-state index in [4.69, 9.17) is 0 Å². The average molecular weight is 1600 g/mol. The Morgan fingerprint density at radius 1 is 0.140 bits per heavy atom. The van der Waals surface area contributed by atoms with Gasteiger partial charge in [0.15, 0.2) is 140 Å². The van der Waals surface area contributed by atoms with Gasteiger partial charge in [-0.1, -0.05) is 71.0 Å². The molecule has 36 heteroatoms. The number of benzene rings is 6. The van der Waals surface area contributed by atoms with Crippen molar-refractivity contribution in [1.82, 2.24) is 29.9 Å². The van der Waals surface area contributed by atoms with Crippen LogP contribution in [0, 0.1) is 246 Å². The second kappa shape index (κ2) is 29.7. The standard InChI is InChI=1S/C78H14F30N6/c79-49-31(50(80)62(92)73(103)61(49)91)7-1-25-37-13-15-39(109-37)26(2-8-32-51(81)63(93)74(104)64(94)52(32)82)41-17-19-43(111-41)28(4-10-34-55(85)67(97)76(106)68(98)56(34)86)45-21-23-47(113-45)30(6-12-36-59(89)71(101)78(108)72(102)60(36)90)48-24-22-46(114-48)29(5-11-35-57(87)69(99)77(107)70(100)58(35)88)44-20-18-42(112-44)27(40-16-14-38(25)110-40)3-9-33-53(83)65(95)75(105)66(96)54(33)84/h13-24,109,114H. The van der Waals surface area contributed by atoms with Crippen molar-refractivity contribution in [2.45, 2.75) is 0 Å². The summed E-state index contributed by atoms with van der Waals surface area (Å²) in [5.41, 5.74) is -25.3. The van der Waals surface area contributed by atoms with Gasteiger partial charge in [0.2, 0.25) is 34.9 Å². The van der Waals surface area contributed by atoms with E-state index >= 15 is 52.7 Å². The van der Waals surface area contributed by atoms with Gasteiger partial charge >= 0.3 is 0 Å². The predicted octanol–water partition coefficient (Wildman–Crippen LogP) is 19.2. The van der Waals surface area contributed by atoms with Crippen LogP contribution in [0.5, 0.6) is 0 Å². The van der Waals surface area contributed by atoms with Crippen LogP contribution in [0.3, 0.4) is 0 Å². The Bertz CT molecular complexity index is 6010. The second-order valence-electron chi connectivity index (χ2n) is 22.9. The van der Waals surface area contributed by atoms with Gasteiger partial charge in [0.25, 0.3) is 0 Å². The molecule has 0 atom stereocenters. The van der Waals surface area contributed by atoms with Crippen LogP contribution in [-0.4, -0.2) is 29.9 Å². The van der Waals surface area contributed by atoms with Crippen LogP contribution in [-0.2, 0) is 0 Å². The Balaban J connectivity index is 1.25. The summed E-state index contributed by atoms with van der Waals surface area (Å²) in [6, 6.07) is 3.38. The largest absolute Gasteiger partial charge is 0.353 e. The van der Waals surface area contributed by atoms with E-state index in [2.05, 4.69) is 65.4 Å². The first-order valence-corrected chi connectivity index (χ1v) is 30.4. The van der Waals surface area contributed by atoms with E-state index in [-0.39, 0.29) is 0 Å². The third-order valence-electron chi connectivity index (χ3n) is 16.2. The minimum absolute atomic E-state index is 0.660. The number of hydrogen-bond acceptors (Lipinski definition) is 4. The zero-order valence-electron chi connectivity index (χ0n) is 54.1. The molecule has 0 spiro atoms. The van der Waals surface area contributed by atoms with Crippen molar-refractivity contribution in [3.8, 4) is 71.0 Å². The summed E-state index contributed by atoms with van der Waals surface area (Å²) in [7, 11) is 0. The lowest BCUT2D eigenvalue weighted by atomic mass is 10.1. The number of nitrogens with one attached hydrogen (secondary N) is 2. The van der Waals surface area contributed by atoms with Crippen molar-refractivity contribution in [2.24, 2.45) is 0 Å². The number of nitrogens with zero attached hydrogens (tertiary/aromatic N) is 4. The van der Waals surface area contributed by atoms with Gasteiger partial charge in [-0.3, -0.25) is 0 Å². The Morgan fingerprint density at radius 3 is 0.386 bits per heavy atom. The molecule has 114 heavy (non-hydrogen) atoms. The first-order valence-electron chi connectivity index (χ1n) is 30.4. The number of aromatic nitrogens is 6. The van der Waals surface area contributed by atoms with Crippen LogP contribution < -0.4 is 0 Å². The summed E-state index contributed by atoms with van der Waals surface area (Å²) in [5.74, 6) is -55.7. The maximum Gasteiger partial charge on any atom is 0.200 e. The zero-order valence-corrected chi connectivity index (χ0v) is 54.1. The van der Waals surface area contributed by atoms with Crippen molar-refractivity contribution < 1.29 is 132 Å². The lowest BCUT2D eigenvalue weighted by molar-refractivity contribution is 0.376. The molecule has 0 fully saturated rings. The fraction of sp³-hybridized carbons (Fsp3) is 0. The number of rotatable bonds is 0. The van der Waals surface area contributed by atoms with Gasteiger partial charge in [-0.2, -0.15) is 0 Å². The van der Waals surface area contributed by atoms with Crippen LogP contribution in [0.15, 0.2) is 24.3 Å². The van der Waals surface area contributed by atoms with Crippen LogP contribution in [0.25, 0.3) is 70.7 Å². The van der Waals surface area contributed by atoms with Gasteiger partial charge in [0.1, 0.15) is 33.4 Å². The smallest absolute Gasteiger partial charge is 0.200 e. The van der Waals surface area contributed by atoms with Crippen molar-refractivity contribution in [2.75, 3.05) is 0 Å². The third kappa shape index (κ3) is 13.3. The molecule has 0 aliphatic carbocycles.